The summed E-state index contributed by atoms with van der Waals surface area (Å²) in [4.78, 5) is 4.47. The SMILES string of the molecule is COCCCc1noc(C2(C)CCCC2N)n1. The predicted octanol–water partition coefficient (Wildman–Crippen LogP) is 1.42. The first kappa shape index (κ1) is 12.5. The zero-order valence-electron chi connectivity index (χ0n) is 10.6. The largest absolute Gasteiger partial charge is 0.385 e. The third-order valence-corrected chi connectivity index (χ3v) is 3.74. The summed E-state index contributed by atoms with van der Waals surface area (Å²) < 4.78 is 10.4. The van der Waals surface area contributed by atoms with E-state index < -0.39 is 0 Å². The molecular weight excluding hydrogens is 218 g/mol. The van der Waals surface area contributed by atoms with Gasteiger partial charge in [-0.3, -0.25) is 0 Å². The molecule has 1 fully saturated rings. The van der Waals surface area contributed by atoms with Crippen LogP contribution in [0.15, 0.2) is 4.52 Å². The van der Waals surface area contributed by atoms with Gasteiger partial charge in [0, 0.05) is 26.2 Å². The molecule has 1 aliphatic rings. The first-order valence-electron chi connectivity index (χ1n) is 6.24. The van der Waals surface area contributed by atoms with E-state index in [1.54, 1.807) is 7.11 Å². The van der Waals surface area contributed by atoms with Gasteiger partial charge in [0.2, 0.25) is 5.89 Å². The van der Waals surface area contributed by atoms with Gasteiger partial charge < -0.3 is 15.0 Å². The van der Waals surface area contributed by atoms with Crippen molar-refractivity contribution in [2.24, 2.45) is 5.73 Å². The fourth-order valence-corrected chi connectivity index (χ4v) is 2.42. The van der Waals surface area contributed by atoms with E-state index in [-0.39, 0.29) is 11.5 Å². The number of rotatable bonds is 5. The second-order valence-electron chi connectivity index (χ2n) is 5.03. The third kappa shape index (κ3) is 2.50. The Labute approximate surface area is 102 Å². The van der Waals surface area contributed by atoms with Crippen LogP contribution in [0.1, 0.15) is 44.3 Å². The van der Waals surface area contributed by atoms with Crippen molar-refractivity contribution in [3.63, 3.8) is 0 Å². The van der Waals surface area contributed by atoms with E-state index in [0.717, 1.165) is 44.5 Å². The number of ether oxygens (including phenoxy) is 1. The number of nitrogens with zero attached hydrogens (tertiary/aromatic N) is 2. The maximum Gasteiger partial charge on any atom is 0.234 e. The highest BCUT2D eigenvalue weighted by Gasteiger charge is 2.42. The van der Waals surface area contributed by atoms with Gasteiger partial charge in [-0.05, 0) is 26.2 Å². The quantitative estimate of drug-likeness (QED) is 0.786. The van der Waals surface area contributed by atoms with Crippen LogP contribution >= 0.6 is 0 Å². The highest BCUT2D eigenvalue weighted by molar-refractivity contribution is 5.11. The normalized spacial score (nSPS) is 28.8. The maximum atomic E-state index is 6.13. The minimum absolute atomic E-state index is 0.132. The number of aromatic nitrogens is 2. The fraction of sp³-hybridized carbons (Fsp3) is 0.833. The fourth-order valence-electron chi connectivity index (χ4n) is 2.42. The summed E-state index contributed by atoms with van der Waals surface area (Å²) in [5.74, 6) is 1.47. The van der Waals surface area contributed by atoms with Crippen LogP contribution in [0.25, 0.3) is 0 Å². The number of methoxy groups -OCH3 is 1. The van der Waals surface area contributed by atoms with E-state index in [9.17, 15) is 0 Å². The first-order valence-corrected chi connectivity index (χ1v) is 6.24. The van der Waals surface area contributed by atoms with Crippen molar-refractivity contribution in [2.75, 3.05) is 13.7 Å². The topological polar surface area (TPSA) is 74.2 Å². The molecule has 5 nitrogen and oxygen atoms in total. The minimum Gasteiger partial charge on any atom is -0.385 e. The lowest BCUT2D eigenvalue weighted by Crippen LogP contribution is -2.38. The lowest BCUT2D eigenvalue weighted by Gasteiger charge is -2.23. The number of hydrogen-bond donors (Lipinski definition) is 1. The number of hydrogen-bond acceptors (Lipinski definition) is 5. The molecule has 0 bridgehead atoms. The van der Waals surface area contributed by atoms with Crippen molar-refractivity contribution < 1.29 is 9.26 Å². The van der Waals surface area contributed by atoms with Crippen LogP contribution in [0, 0.1) is 0 Å². The maximum absolute atomic E-state index is 6.13. The molecule has 96 valence electrons. The van der Waals surface area contributed by atoms with Crippen LogP contribution in [-0.2, 0) is 16.6 Å². The molecule has 0 saturated heterocycles. The Hall–Kier alpha value is -0.940. The molecule has 1 heterocycles. The molecule has 0 amide bonds. The second-order valence-corrected chi connectivity index (χ2v) is 5.03. The van der Waals surface area contributed by atoms with Gasteiger partial charge >= 0.3 is 0 Å². The monoisotopic (exact) mass is 239 g/mol. The lowest BCUT2D eigenvalue weighted by molar-refractivity contribution is 0.194. The molecule has 0 aromatic carbocycles. The Morgan fingerprint density at radius 1 is 1.59 bits per heavy atom. The average Bonchev–Trinajstić information content (AvgIpc) is 2.89. The summed E-state index contributed by atoms with van der Waals surface area (Å²) in [6.45, 7) is 2.85. The molecule has 17 heavy (non-hydrogen) atoms. The van der Waals surface area contributed by atoms with Gasteiger partial charge in [-0.2, -0.15) is 4.98 Å². The molecule has 2 N–H and O–H groups in total. The van der Waals surface area contributed by atoms with Gasteiger partial charge in [-0.15, -0.1) is 0 Å². The van der Waals surface area contributed by atoms with Crippen molar-refractivity contribution in [1.82, 2.24) is 10.1 Å². The van der Waals surface area contributed by atoms with Gasteiger partial charge in [0.05, 0.1) is 5.41 Å². The Morgan fingerprint density at radius 2 is 2.41 bits per heavy atom. The molecule has 1 aliphatic carbocycles. The molecule has 2 atom stereocenters. The van der Waals surface area contributed by atoms with Crippen molar-refractivity contribution in [3.05, 3.63) is 11.7 Å². The molecule has 2 unspecified atom stereocenters. The number of nitrogens with two attached hydrogens (primary N) is 1. The van der Waals surface area contributed by atoms with Crippen LogP contribution in [0.4, 0.5) is 0 Å². The van der Waals surface area contributed by atoms with Crippen LogP contribution in [-0.4, -0.2) is 29.9 Å². The zero-order chi connectivity index (χ0) is 12.3. The Morgan fingerprint density at radius 3 is 3.06 bits per heavy atom. The van der Waals surface area contributed by atoms with Gasteiger partial charge in [0.25, 0.3) is 0 Å². The van der Waals surface area contributed by atoms with Crippen LogP contribution in [0.5, 0.6) is 0 Å². The van der Waals surface area contributed by atoms with Gasteiger partial charge in [-0.25, -0.2) is 0 Å². The van der Waals surface area contributed by atoms with Crippen molar-refractivity contribution in [2.45, 2.75) is 50.5 Å². The zero-order valence-corrected chi connectivity index (χ0v) is 10.6. The van der Waals surface area contributed by atoms with Crippen LogP contribution in [0.3, 0.4) is 0 Å². The highest BCUT2D eigenvalue weighted by Crippen LogP contribution is 2.38. The smallest absolute Gasteiger partial charge is 0.234 e. The van der Waals surface area contributed by atoms with Crippen molar-refractivity contribution >= 4 is 0 Å². The first-order chi connectivity index (χ1) is 8.16. The van der Waals surface area contributed by atoms with E-state index in [1.165, 1.54) is 0 Å². The van der Waals surface area contributed by atoms with Crippen LogP contribution < -0.4 is 5.73 Å². The molecule has 2 rings (SSSR count). The summed E-state index contributed by atoms with van der Waals surface area (Å²) >= 11 is 0. The van der Waals surface area contributed by atoms with Crippen molar-refractivity contribution in [1.29, 1.82) is 0 Å². The molecule has 5 heteroatoms. The van der Waals surface area contributed by atoms with E-state index in [1.807, 2.05) is 0 Å². The molecule has 1 aromatic heterocycles. The predicted molar refractivity (Wildman–Crippen MR) is 63.7 cm³/mol. The standard InChI is InChI=1S/C12H21N3O2/c1-12(7-3-5-9(12)13)11-14-10(15-17-11)6-4-8-16-2/h9H,3-8,13H2,1-2H3. The number of aryl methyl sites for hydroxylation is 1. The summed E-state index contributed by atoms with van der Waals surface area (Å²) in [7, 11) is 1.69. The molecule has 1 aromatic rings. The summed E-state index contributed by atoms with van der Waals surface area (Å²) in [6.07, 6.45) is 4.92. The molecule has 0 spiro atoms. The molecular formula is C12H21N3O2. The minimum atomic E-state index is -0.132. The Balaban J connectivity index is 2.02. The van der Waals surface area contributed by atoms with Gasteiger partial charge in [-0.1, -0.05) is 11.6 Å². The van der Waals surface area contributed by atoms with Gasteiger partial charge in [0.15, 0.2) is 5.82 Å². The molecule has 0 aliphatic heterocycles. The lowest BCUT2D eigenvalue weighted by atomic mass is 9.85. The van der Waals surface area contributed by atoms with E-state index in [4.69, 9.17) is 15.0 Å². The third-order valence-electron chi connectivity index (χ3n) is 3.74. The Bertz CT molecular complexity index is 366. The molecule has 0 radical (unpaired) electrons. The highest BCUT2D eigenvalue weighted by atomic mass is 16.5. The molecule has 1 saturated carbocycles. The summed E-state index contributed by atoms with van der Waals surface area (Å²) in [5.41, 5.74) is 6.00. The van der Waals surface area contributed by atoms with E-state index in [0.29, 0.717) is 5.89 Å². The van der Waals surface area contributed by atoms with Crippen molar-refractivity contribution in [3.8, 4) is 0 Å². The van der Waals surface area contributed by atoms with Gasteiger partial charge in [0.1, 0.15) is 0 Å². The summed E-state index contributed by atoms with van der Waals surface area (Å²) in [5, 5.41) is 4.02. The second kappa shape index (κ2) is 5.14. The Kier molecular flexibility index (Phi) is 3.79. The van der Waals surface area contributed by atoms with Crippen LogP contribution in [0.2, 0.25) is 0 Å². The average molecular weight is 239 g/mol. The van der Waals surface area contributed by atoms with E-state index >= 15 is 0 Å². The van der Waals surface area contributed by atoms with E-state index in [2.05, 4.69) is 17.1 Å². The summed E-state index contributed by atoms with van der Waals surface area (Å²) in [6, 6.07) is 0.134.